The van der Waals surface area contributed by atoms with Crippen LogP contribution in [0, 0.1) is 17.2 Å². The lowest BCUT2D eigenvalue weighted by atomic mass is 9.97. The highest BCUT2D eigenvalue weighted by Gasteiger charge is 2.27. The van der Waals surface area contributed by atoms with Gasteiger partial charge in [0.2, 0.25) is 0 Å². The van der Waals surface area contributed by atoms with Crippen LogP contribution in [-0.4, -0.2) is 49.6 Å². The Morgan fingerprint density at radius 3 is 2.88 bits per heavy atom. The van der Waals surface area contributed by atoms with E-state index in [0.717, 1.165) is 17.8 Å². The van der Waals surface area contributed by atoms with E-state index in [1.807, 2.05) is 35.9 Å². The molecule has 1 aromatic carbocycles. The maximum atomic E-state index is 12.8. The molecular weight excluding hydrogens is 418 g/mol. The number of pyridine rings is 1. The van der Waals surface area contributed by atoms with Crippen LogP contribution in [0.4, 0.5) is 5.69 Å². The van der Waals surface area contributed by atoms with Gasteiger partial charge in [0.1, 0.15) is 17.8 Å². The predicted octanol–water partition coefficient (Wildman–Crippen LogP) is 2.79. The van der Waals surface area contributed by atoms with E-state index in [2.05, 4.69) is 33.5 Å². The number of carbonyl (C=O) groups excluding carboxylic acids is 2. The highest BCUT2D eigenvalue weighted by Crippen LogP contribution is 2.23. The fourth-order valence-electron chi connectivity index (χ4n) is 3.92. The standard InChI is InChI=1S/C24H25N7O2/c1-16(10-22-29-27-15-30(22)2)18-4-3-5-20(11-18)28-23(32)21-12-19(6-8-26-21)24(33)31-9-7-17(13-25)14-31/h3-6,8,11-12,15-17H,7,9-10,14H2,1-2H3,(H,28,32)/t16?,17-/m1/s1. The second-order valence-corrected chi connectivity index (χ2v) is 8.34. The fraction of sp³-hybridized carbons (Fsp3) is 0.333. The second-order valence-electron chi connectivity index (χ2n) is 8.34. The van der Waals surface area contributed by atoms with Crippen molar-refractivity contribution in [1.82, 2.24) is 24.6 Å². The first kappa shape index (κ1) is 22.1. The number of benzene rings is 1. The van der Waals surface area contributed by atoms with Crippen LogP contribution < -0.4 is 5.32 Å². The van der Waals surface area contributed by atoms with E-state index in [9.17, 15) is 9.59 Å². The van der Waals surface area contributed by atoms with Crippen LogP contribution in [0.25, 0.3) is 0 Å². The fourth-order valence-corrected chi connectivity index (χ4v) is 3.92. The predicted molar refractivity (Wildman–Crippen MR) is 121 cm³/mol. The summed E-state index contributed by atoms with van der Waals surface area (Å²) in [5.74, 6) is 0.355. The lowest BCUT2D eigenvalue weighted by molar-refractivity contribution is 0.0789. The summed E-state index contributed by atoms with van der Waals surface area (Å²) in [6, 6.07) is 12.9. The van der Waals surface area contributed by atoms with Crippen molar-refractivity contribution in [1.29, 1.82) is 5.26 Å². The zero-order valence-corrected chi connectivity index (χ0v) is 18.6. The van der Waals surface area contributed by atoms with Gasteiger partial charge in [-0.3, -0.25) is 14.6 Å². The van der Waals surface area contributed by atoms with E-state index in [-0.39, 0.29) is 29.3 Å². The molecule has 0 spiro atoms. The minimum Gasteiger partial charge on any atom is -0.337 e. The Balaban J connectivity index is 1.44. The third-order valence-corrected chi connectivity index (χ3v) is 5.91. The number of anilines is 1. The monoisotopic (exact) mass is 443 g/mol. The second kappa shape index (κ2) is 9.61. The first-order valence-corrected chi connectivity index (χ1v) is 10.8. The number of likely N-dealkylation sites (tertiary alicyclic amines) is 1. The number of rotatable bonds is 6. The average molecular weight is 444 g/mol. The van der Waals surface area contributed by atoms with Gasteiger partial charge in [-0.2, -0.15) is 5.26 Å². The van der Waals surface area contributed by atoms with Crippen molar-refractivity contribution in [2.24, 2.45) is 13.0 Å². The lowest BCUT2D eigenvalue weighted by Gasteiger charge is -2.16. The van der Waals surface area contributed by atoms with Crippen LogP contribution in [0.1, 0.15) is 51.5 Å². The molecule has 1 saturated heterocycles. The smallest absolute Gasteiger partial charge is 0.274 e. The number of nitriles is 1. The molecule has 9 heteroatoms. The molecule has 2 atom stereocenters. The van der Waals surface area contributed by atoms with E-state index >= 15 is 0 Å². The van der Waals surface area contributed by atoms with E-state index in [0.29, 0.717) is 30.8 Å². The molecule has 1 unspecified atom stereocenters. The molecule has 9 nitrogen and oxygen atoms in total. The normalized spacial score (nSPS) is 16.3. The SMILES string of the molecule is CC(Cc1nncn1C)c1cccc(NC(=O)c2cc(C(=O)N3CC[C@H](C#N)C3)ccn2)c1. The molecule has 3 aromatic rings. The number of nitrogens with zero attached hydrogens (tertiary/aromatic N) is 6. The van der Waals surface area contributed by atoms with E-state index in [1.54, 1.807) is 17.3 Å². The summed E-state index contributed by atoms with van der Waals surface area (Å²) >= 11 is 0. The van der Waals surface area contributed by atoms with Gasteiger partial charge in [0.25, 0.3) is 11.8 Å². The summed E-state index contributed by atoms with van der Waals surface area (Å²) in [5, 5.41) is 20.0. The maximum Gasteiger partial charge on any atom is 0.274 e. The van der Waals surface area contributed by atoms with Crippen LogP contribution in [0.15, 0.2) is 48.9 Å². The number of aromatic nitrogens is 4. The maximum absolute atomic E-state index is 12.8. The van der Waals surface area contributed by atoms with Crippen molar-refractivity contribution in [3.63, 3.8) is 0 Å². The van der Waals surface area contributed by atoms with Crippen molar-refractivity contribution >= 4 is 17.5 Å². The van der Waals surface area contributed by atoms with Crippen molar-refractivity contribution in [3.8, 4) is 6.07 Å². The summed E-state index contributed by atoms with van der Waals surface area (Å²) < 4.78 is 1.89. The minimum atomic E-state index is -0.390. The Kier molecular flexibility index (Phi) is 6.45. The van der Waals surface area contributed by atoms with Crippen LogP contribution >= 0.6 is 0 Å². The Morgan fingerprint density at radius 1 is 1.30 bits per heavy atom. The summed E-state index contributed by atoms with van der Waals surface area (Å²) in [6.45, 7) is 3.06. The van der Waals surface area contributed by atoms with E-state index in [4.69, 9.17) is 5.26 Å². The zero-order valence-electron chi connectivity index (χ0n) is 18.6. The van der Waals surface area contributed by atoms with Crippen LogP contribution in [-0.2, 0) is 13.5 Å². The third kappa shape index (κ3) is 5.06. The highest BCUT2D eigenvalue weighted by atomic mass is 16.2. The Labute approximate surface area is 192 Å². The molecular formula is C24H25N7O2. The molecule has 3 heterocycles. The zero-order chi connectivity index (χ0) is 23.4. The van der Waals surface area contributed by atoms with Crippen molar-refractivity contribution in [3.05, 3.63) is 71.6 Å². The Morgan fingerprint density at radius 2 is 2.15 bits per heavy atom. The summed E-state index contributed by atoms with van der Waals surface area (Å²) in [4.78, 5) is 31.4. The summed E-state index contributed by atoms with van der Waals surface area (Å²) in [6.07, 6.45) is 4.53. The molecule has 0 saturated carbocycles. The van der Waals surface area contributed by atoms with Gasteiger partial charge in [-0.05, 0) is 42.2 Å². The third-order valence-electron chi connectivity index (χ3n) is 5.91. The average Bonchev–Trinajstić information content (AvgIpc) is 3.48. The minimum absolute atomic E-state index is 0.137. The summed E-state index contributed by atoms with van der Waals surface area (Å²) in [7, 11) is 1.91. The van der Waals surface area contributed by atoms with Gasteiger partial charge in [0, 0.05) is 44.0 Å². The molecule has 1 N–H and O–H groups in total. The molecule has 4 rings (SSSR count). The molecule has 1 fully saturated rings. The number of aryl methyl sites for hydroxylation is 1. The molecule has 33 heavy (non-hydrogen) atoms. The quantitative estimate of drug-likeness (QED) is 0.626. The molecule has 2 aromatic heterocycles. The van der Waals surface area contributed by atoms with Crippen LogP contribution in [0.3, 0.4) is 0 Å². The number of hydrogen-bond donors (Lipinski definition) is 1. The first-order chi connectivity index (χ1) is 15.9. The van der Waals surface area contributed by atoms with Crippen LogP contribution in [0.2, 0.25) is 0 Å². The van der Waals surface area contributed by atoms with Gasteiger partial charge in [-0.1, -0.05) is 19.1 Å². The van der Waals surface area contributed by atoms with E-state index in [1.165, 1.54) is 12.3 Å². The number of nitrogens with one attached hydrogen (secondary N) is 1. The summed E-state index contributed by atoms with van der Waals surface area (Å²) in [5.41, 5.74) is 2.26. The van der Waals surface area contributed by atoms with Gasteiger partial charge in [-0.25, -0.2) is 0 Å². The van der Waals surface area contributed by atoms with Gasteiger partial charge < -0.3 is 14.8 Å². The van der Waals surface area contributed by atoms with Crippen molar-refractivity contribution < 1.29 is 9.59 Å². The van der Waals surface area contributed by atoms with Gasteiger partial charge in [-0.15, -0.1) is 10.2 Å². The number of carbonyl (C=O) groups is 2. The molecule has 2 amide bonds. The molecule has 1 aliphatic rings. The molecule has 0 radical (unpaired) electrons. The largest absolute Gasteiger partial charge is 0.337 e. The Hall–Kier alpha value is -4.06. The number of hydrogen-bond acceptors (Lipinski definition) is 6. The highest BCUT2D eigenvalue weighted by molar-refractivity contribution is 6.04. The number of amides is 2. The molecule has 1 aliphatic heterocycles. The van der Waals surface area contributed by atoms with Gasteiger partial charge in [0.15, 0.2) is 0 Å². The van der Waals surface area contributed by atoms with Crippen LogP contribution in [0.5, 0.6) is 0 Å². The van der Waals surface area contributed by atoms with Gasteiger partial charge in [0.05, 0.1) is 12.0 Å². The Bertz CT molecular complexity index is 1210. The van der Waals surface area contributed by atoms with Gasteiger partial charge >= 0.3 is 0 Å². The topological polar surface area (TPSA) is 117 Å². The molecule has 168 valence electrons. The molecule has 0 bridgehead atoms. The molecule has 0 aliphatic carbocycles. The van der Waals surface area contributed by atoms with E-state index < -0.39 is 0 Å². The van der Waals surface area contributed by atoms with Crippen molar-refractivity contribution in [2.75, 3.05) is 18.4 Å². The first-order valence-electron chi connectivity index (χ1n) is 10.8. The van der Waals surface area contributed by atoms with Crippen molar-refractivity contribution in [2.45, 2.75) is 25.7 Å². The lowest BCUT2D eigenvalue weighted by Crippen LogP contribution is -2.29.